The van der Waals surface area contributed by atoms with Crippen molar-refractivity contribution in [2.75, 3.05) is 18.1 Å². The lowest BCUT2D eigenvalue weighted by Gasteiger charge is -2.22. The molecule has 1 amide bonds. The van der Waals surface area contributed by atoms with Crippen molar-refractivity contribution in [1.29, 1.82) is 0 Å². The van der Waals surface area contributed by atoms with E-state index in [2.05, 4.69) is 0 Å². The second-order valence-electron chi connectivity index (χ2n) is 7.03. The summed E-state index contributed by atoms with van der Waals surface area (Å²) in [4.78, 5) is 27.8. The van der Waals surface area contributed by atoms with Gasteiger partial charge in [0.05, 0.1) is 23.5 Å². The molecule has 0 spiro atoms. The van der Waals surface area contributed by atoms with E-state index >= 15 is 0 Å². The van der Waals surface area contributed by atoms with E-state index in [1.54, 1.807) is 35.7 Å². The zero-order valence-electron chi connectivity index (χ0n) is 16.0. The number of aryl methyl sites for hydroxylation is 1. The molecule has 29 heavy (non-hydrogen) atoms. The summed E-state index contributed by atoms with van der Waals surface area (Å²) in [6.07, 6.45) is -0.279. The van der Waals surface area contributed by atoms with Gasteiger partial charge in [-0.05, 0) is 36.1 Å². The van der Waals surface area contributed by atoms with E-state index in [0.717, 1.165) is 11.3 Å². The maximum Gasteiger partial charge on any atom is 0.264 e. The van der Waals surface area contributed by atoms with Gasteiger partial charge in [0.2, 0.25) is 0 Å². The van der Waals surface area contributed by atoms with Crippen LogP contribution >= 0.6 is 11.3 Å². The molecule has 1 aromatic heterocycles. The Bertz CT molecular complexity index is 1050. The predicted molar refractivity (Wildman–Crippen MR) is 113 cm³/mol. The van der Waals surface area contributed by atoms with Crippen LogP contribution in [0.1, 0.15) is 27.2 Å². The summed E-state index contributed by atoms with van der Waals surface area (Å²) in [6.45, 7) is 2.51. The number of para-hydroxylation sites is 2. The number of benzene rings is 2. The van der Waals surface area contributed by atoms with Crippen molar-refractivity contribution in [3.63, 3.8) is 0 Å². The molecule has 0 fully saturated rings. The number of amides is 1. The molecule has 1 aliphatic rings. The molecular formula is C23H21NO4S. The molecular weight excluding hydrogens is 386 g/mol. The van der Waals surface area contributed by atoms with Gasteiger partial charge in [-0.1, -0.05) is 42.5 Å². The lowest BCUT2D eigenvalue weighted by atomic mass is 9.89. The first kappa shape index (κ1) is 19.4. The fraction of sp³-hybridized carbons (Fsp3) is 0.217. The maximum absolute atomic E-state index is 13.2. The standard InChI is InChI=1S/C23H21NO4S/c1-16-7-2-5-10-20(16)28-13-12-24-18-9-4-3-8-17(18)23(27,22(24)26)15-19(25)21-11-6-14-29-21/h2-11,14,27H,12-13,15H2,1H3. The zero-order chi connectivity index (χ0) is 20.4. The van der Waals surface area contributed by atoms with Crippen LogP contribution in [0.25, 0.3) is 0 Å². The highest BCUT2D eigenvalue weighted by atomic mass is 32.1. The summed E-state index contributed by atoms with van der Waals surface area (Å²) in [5.74, 6) is 0.0243. The first-order valence-corrected chi connectivity index (χ1v) is 10.3. The van der Waals surface area contributed by atoms with Gasteiger partial charge < -0.3 is 14.7 Å². The second-order valence-corrected chi connectivity index (χ2v) is 7.97. The normalized spacial score (nSPS) is 18.0. The Hall–Kier alpha value is -2.96. The highest BCUT2D eigenvalue weighted by Crippen LogP contribution is 2.42. The second kappa shape index (κ2) is 7.81. The molecule has 2 heterocycles. The number of fused-ring (bicyclic) bond motifs is 1. The number of hydrogen-bond acceptors (Lipinski definition) is 5. The van der Waals surface area contributed by atoms with E-state index in [1.165, 1.54) is 16.2 Å². The Morgan fingerprint density at radius 2 is 1.86 bits per heavy atom. The Balaban J connectivity index is 1.54. The molecule has 1 aliphatic heterocycles. The first-order valence-electron chi connectivity index (χ1n) is 9.40. The van der Waals surface area contributed by atoms with Crippen LogP contribution in [0.3, 0.4) is 0 Å². The average molecular weight is 407 g/mol. The molecule has 0 saturated heterocycles. The molecule has 0 saturated carbocycles. The van der Waals surface area contributed by atoms with Crippen molar-refractivity contribution in [2.45, 2.75) is 18.9 Å². The number of ether oxygens (including phenoxy) is 1. The topological polar surface area (TPSA) is 66.8 Å². The number of carbonyl (C=O) groups excluding carboxylic acids is 2. The molecule has 2 aromatic carbocycles. The van der Waals surface area contributed by atoms with E-state index in [4.69, 9.17) is 4.74 Å². The van der Waals surface area contributed by atoms with Crippen LogP contribution in [0, 0.1) is 6.92 Å². The third-order valence-corrected chi connectivity index (χ3v) is 6.03. The molecule has 0 radical (unpaired) electrons. The van der Waals surface area contributed by atoms with Crippen molar-refractivity contribution < 1.29 is 19.4 Å². The Morgan fingerprint density at radius 3 is 2.62 bits per heavy atom. The lowest BCUT2D eigenvalue weighted by Crippen LogP contribution is -2.43. The highest BCUT2D eigenvalue weighted by Gasteiger charge is 2.50. The fourth-order valence-corrected chi connectivity index (χ4v) is 4.29. The zero-order valence-corrected chi connectivity index (χ0v) is 16.8. The van der Waals surface area contributed by atoms with Crippen LogP contribution in [-0.2, 0) is 10.4 Å². The molecule has 5 nitrogen and oxygen atoms in total. The summed E-state index contributed by atoms with van der Waals surface area (Å²) in [5, 5.41) is 13.1. The van der Waals surface area contributed by atoms with E-state index in [0.29, 0.717) is 16.1 Å². The van der Waals surface area contributed by atoms with Crippen LogP contribution in [0.15, 0.2) is 66.0 Å². The summed E-state index contributed by atoms with van der Waals surface area (Å²) in [5.41, 5.74) is 0.234. The van der Waals surface area contributed by atoms with Crippen LogP contribution in [-0.4, -0.2) is 29.9 Å². The van der Waals surface area contributed by atoms with Crippen molar-refractivity contribution in [3.05, 3.63) is 82.0 Å². The Labute approximate surface area is 173 Å². The van der Waals surface area contributed by atoms with Gasteiger partial charge in [-0.2, -0.15) is 0 Å². The first-order chi connectivity index (χ1) is 14.0. The average Bonchev–Trinajstić information content (AvgIpc) is 3.33. The van der Waals surface area contributed by atoms with Gasteiger partial charge in [-0.15, -0.1) is 11.3 Å². The summed E-state index contributed by atoms with van der Waals surface area (Å²) in [7, 11) is 0. The minimum absolute atomic E-state index is 0.247. The minimum atomic E-state index is -1.86. The molecule has 6 heteroatoms. The molecule has 1 atom stereocenters. The van der Waals surface area contributed by atoms with Gasteiger partial charge in [0.25, 0.3) is 5.91 Å². The van der Waals surface area contributed by atoms with E-state index in [9.17, 15) is 14.7 Å². The number of aliphatic hydroxyl groups is 1. The van der Waals surface area contributed by atoms with Crippen molar-refractivity contribution >= 4 is 28.7 Å². The molecule has 1 unspecified atom stereocenters. The number of carbonyl (C=O) groups is 2. The van der Waals surface area contributed by atoms with Gasteiger partial charge >= 0.3 is 0 Å². The minimum Gasteiger partial charge on any atom is -0.491 e. The Morgan fingerprint density at radius 1 is 1.10 bits per heavy atom. The van der Waals surface area contributed by atoms with Crippen molar-refractivity contribution in [1.82, 2.24) is 0 Å². The van der Waals surface area contributed by atoms with Gasteiger partial charge in [0.1, 0.15) is 12.4 Å². The summed E-state index contributed by atoms with van der Waals surface area (Å²) >= 11 is 1.30. The number of thiophene rings is 1. The van der Waals surface area contributed by atoms with Gasteiger partial charge in [0, 0.05) is 5.56 Å². The lowest BCUT2D eigenvalue weighted by molar-refractivity contribution is -0.135. The fourth-order valence-electron chi connectivity index (χ4n) is 3.62. The molecule has 0 bridgehead atoms. The quantitative estimate of drug-likeness (QED) is 0.603. The number of hydrogen-bond donors (Lipinski definition) is 1. The third-order valence-electron chi connectivity index (χ3n) is 5.12. The molecule has 4 rings (SSSR count). The number of nitrogens with zero attached hydrogens (tertiary/aromatic N) is 1. The van der Waals surface area contributed by atoms with Crippen molar-refractivity contribution in [3.8, 4) is 5.75 Å². The van der Waals surface area contributed by atoms with Crippen LogP contribution in [0.2, 0.25) is 0 Å². The number of ketones is 1. The number of Topliss-reactive ketones (excluding diaryl/α,β-unsaturated/α-hetero) is 1. The summed E-state index contributed by atoms with van der Waals surface area (Å²) in [6, 6.07) is 18.2. The Kier molecular flexibility index (Phi) is 5.22. The van der Waals surface area contributed by atoms with Gasteiger partial charge in [-0.25, -0.2) is 0 Å². The third kappa shape index (κ3) is 3.57. The van der Waals surface area contributed by atoms with E-state index in [1.807, 2.05) is 37.3 Å². The van der Waals surface area contributed by atoms with Crippen LogP contribution < -0.4 is 9.64 Å². The SMILES string of the molecule is Cc1ccccc1OCCN1C(=O)C(O)(CC(=O)c2cccs2)c2ccccc21. The maximum atomic E-state index is 13.2. The van der Waals surface area contributed by atoms with Crippen molar-refractivity contribution in [2.24, 2.45) is 0 Å². The van der Waals surface area contributed by atoms with E-state index < -0.39 is 11.5 Å². The summed E-state index contributed by atoms with van der Waals surface area (Å²) < 4.78 is 5.83. The smallest absolute Gasteiger partial charge is 0.264 e. The largest absolute Gasteiger partial charge is 0.491 e. The van der Waals surface area contributed by atoms with Gasteiger partial charge in [0.15, 0.2) is 11.4 Å². The van der Waals surface area contributed by atoms with E-state index in [-0.39, 0.29) is 25.4 Å². The van der Waals surface area contributed by atoms with Crippen LogP contribution in [0.5, 0.6) is 5.75 Å². The highest BCUT2D eigenvalue weighted by molar-refractivity contribution is 7.12. The monoisotopic (exact) mass is 407 g/mol. The van der Waals surface area contributed by atoms with Gasteiger partial charge in [-0.3, -0.25) is 9.59 Å². The predicted octanol–water partition coefficient (Wildman–Crippen LogP) is 3.94. The molecule has 3 aromatic rings. The molecule has 1 N–H and O–H groups in total. The molecule has 0 aliphatic carbocycles. The molecule has 148 valence electrons. The number of anilines is 1. The van der Waals surface area contributed by atoms with Crippen LogP contribution in [0.4, 0.5) is 5.69 Å². The number of rotatable bonds is 7.